The minimum atomic E-state index is -0.381. The molecule has 0 atom stereocenters. The molecule has 0 saturated heterocycles. The monoisotopic (exact) mass is 414 g/mol. The van der Waals surface area contributed by atoms with Crippen molar-refractivity contribution in [1.82, 2.24) is 9.88 Å². The van der Waals surface area contributed by atoms with E-state index in [4.69, 9.17) is 13.9 Å². The van der Waals surface area contributed by atoms with E-state index >= 15 is 0 Å². The van der Waals surface area contributed by atoms with Crippen LogP contribution in [0.25, 0.3) is 22.1 Å². The molecule has 0 spiro atoms. The Morgan fingerprint density at radius 1 is 1.13 bits per heavy atom. The minimum absolute atomic E-state index is 0.381. The van der Waals surface area contributed by atoms with Crippen LogP contribution in [-0.2, 0) is 13.1 Å². The number of pyridine rings is 1. The Bertz CT molecular complexity index is 1300. The zero-order valence-corrected chi connectivity index (χ0v) is 17.4. The molecule has 0 fully saturated rings. The molecule has 1 aliphatic rings. The zero-order chi connectivity index (χ0) is 21.4. The van der Waals surface area contributed by atoms with Gasteiger partial charge >= 0.3 is 5.63 Å². The predicted octanol–water partition coefficient (Wildman–Crippen LogP) is 4.52. The highest BCUT2D eigenvalue weighted by Gasteiger charge is 2.23. The molecule has 0 bridgehead atoms. The molecule has 0 radical (unpaired) electrons. The minimum Gasteiger partial charge on any atom is -0.497 e. The maximum atomic E-state index is 12.3. The van der Waals surface area contributed by atoms with Gasteiger partial charge in [0.15, 0.2) is 0 Å². The van der Waals surface area contributed by atoms with Crippen LogP contribution in [-0.4, -0.2) is 23.7 Å². The quantitative estimate of drug-likeness (QED) is 0.458. The van der Waals surface area contributed by atoms with E-state index in [9.17, 15) is 4.79 Å². The van der Waals surface area contributed by atoms with Gasteiger partial charge in [0.25, 0.3) is 0 Å². The summed E-state index contributed by atoms with van der Waals surface area (Å²) in [7, 11) is 1.63. The molecule has 5 rings (SSSR count). The maximum absolute atomic E-state index is 12.3. The zero-order valence-electron chi connectivity index (χ0n) is 17.4. The van der Waals surface area contributed by atoms with Crippen molar-refractivity contribution >= 4 is 11.0 Å². The summed E-state index contributed by atoms with van der Waals surface area (Å²) in [5.74, 6) is 1.56. The molecular weight excluding hydrogens is 392 g/mol. The Kier molecular flexibility index (Phi) is 4.92. The molecule has 31 heavy (non-hydrogen) atoms. The van der Waals surface area contributed by atoms with Gasteiger partial charge in [-0.05, 0) is 48.4 Å². The van der Waals surface area contributed by atoms with Crippen molar-refractivity contribution < 1.29 is 13.9 Å². The van der Waals surface area contributed by atoms with Crippen molar-refractivity contribution in [3.05, 3.63) is 88.0 Å². The van der Waals surface area contributed by atoms with E-state index in [1.165, 1.54) is 0 Å². The molecule has 2 aromatic heterocycles. The maximum Gasteiger partial charge on any atom is 0.336 e. The van der Waals surface area contributed by atoms with E-state index < -0.39 is 0 Å². The van der Waals surface area contributed by atoms with Gasteiger partial charge in [-0.2, -0.15) is 0 Å². The average molecular weight is 414 g/mol. The lowest BCUT2D eigenvalue weighted by Crippen LogP contribution is -2.32. The highest BCUT2D eigenvalue weighted by atomic mass is 16.5. The Morgan fingerprint density at radius 2 is 1.97 bits per heavy atom. The molecule has 156 valence electrons. The second-order valence-corrected chi connectivity index (χ2v) is 7.66. The number of aromatic nitrogens is 1. The van der Waals surface area contributed by atoms with Gasteiger partial charge in [-0.15, -0.1) is 0 Å². The number of rotatable bonds is 4. The molecule has 6 heteroatoms. The van der Waals surface area contributed by atoms with Crippen LogP contribution in [0.2, 0.25) is 0 Å². The molecule has 3 heterocycles. The fourth-order valence-corrected chi connectivity index (χ4v) is 4.10. The van der Waals surface area contributed by atoms with Gasteiger partial charge in [0.1, 0.15) is 23.8 Å². The van der Waals surface area contributed by atoms with Crippen LogP contribution in [0.3, 0.4) is 0 Å². The van der Waals surface area contributed by atoms with Gasteiger partial charge in [0.05, 0.1) is 12.8 Å². The van der Waals surface area contributed by atoms with Gasteiger partial charge < -0.3 is 13.9 Å². The van der Waals surface area contributed by atoms with Crippen LogP contribution in [0.4, 0.5) is 0 Å². The third-order valence-corrected chi connectivity index (χ3v) is 5.59. The summed E-state index contributed by atoms with van der Waals surface area (Å²) in [6.45, 7) is 3.82. The number of hydrogen-bond donors (Lipinski definition) is 0. The number of benzene rings is 2. The molecule has 0 unspecified atom stereocenters. The number of nitrogens with zero attached hydrogens (tertiary/aromatic N) is 2. The van der Waals surface area contributed by atoms with Gasteiger partial charge in [0, 0.05) is 41.9 Å². The van der Waals surface area contributed by atoms with Crippen LogP contribution >= 0.6 is 0 Å². The second kappa shape index (κ2) is 7.89. The number of ether oxygens (including phenoxy) is 2. The summed E-state index contributed by atoms with van der Waals surface area (Å²) in [4.78, 5) is 18.9. The number of methoxy groups -OCH3 is 1. The largest absolute Gasteiger partial charge is 0.497 e. The molecule has 0 N–H and O–H groups in total. The fraction of sp³-hybridized carbons (Fsp3) is 0.200. The molecular formula is C25H22N2O4. The van der Waals surface area contributed by atoms with Crippen molar-refractivity contribution in [2.45, 2.75) is 20.0 Å². The van der Waals surface area contributed by atoms with Gasteiger partial charge in [-0.25, -0.2) is 4.79 Å². The predicted molar refractivity (Wildman–Crippen MR) is 118 cm³/mol. The van der Waals surface area contributed by atoms with E-state index in [1.54, 1.807) is 19.4 Å². The Labute approximate surface area is 179 Å². The molecule has 0 amide bonds. The first kappa shape index (κ1) is 19.3. The van der Waals surface area contributed by atoms with E-state index in [-0.39, 0.29) is 5.63 Å². The summed E-state index contributed by atoms with van der Waals surface area (Å²) >= 11 is 0. The first-order valence-electron chi connectivity index (χ1n) is 10.1. The summed E-state index contributed by atoms with van der Waals surface area (Å²) in [5.41, 5.74) is 4.86. The first-order chi connectivity index (χ1) is 15.1. The lowest BCUT2D eigenvalue weighted by atomic mass is 9.97. The molecule has 4 aromatic rings. The summed E-state index contributed by atoms with van der Waals surface area (Å²) in [6.07, 6.45) is 1.80. The van der Waals surface area contributed by atoms with Crippen molar-refractivity contribution in [2.24, 2.45) is 0 Å². The van der Waals surface area contributed by atoms with Crippen LogP contribution in [0, 0.1) is 6.92 Å². The number of aryl methyl sites for hydroxylation is 1. The van der Waals surface area contributed by atoms with Crippen molar-refractivity contribution in [3.63, 3.8) is 0 Å². The highest BCUT2D eigenvalue weighted by molar-refractivity contribution is 5.96. The van der Waals surface area contributed by atoms with Crippen LogP contribution in [0.15, 0.2) is 70.0 Å². The van der Waals surface area contributed by atoms with E-state index in [0.717, 1.165) is 51.4 Å². The van der Waals surface area contributed by atoms with E-state index in [1.807, 2.05) is 49.4 Å². The first-order valence-corrected chi connectivity index (χ1v) is 10.1. The van der Waals surface area contributed by atoms with Gasteiger partial charge in [0.2, 0.25) is 0 Å². The number of fused-ring (bicyclic) bond motifs is 2. The van der Waals surface area contributed by atoms with Gasteiger partial charge in [-0.3, -0.25) is 9.88 Å². The summed E-state index contributed by atoms with van der Waals surface area (Å²) < 4.78 is 16.9. The molecule has 2 aromatic carbocycles. The Balaban J connectivity index is 1.58. The third-order valence-electron chi connectivity index (χ3n) is 5.59. The van der Waals surface area contributed by atoms with Crippen molar-refractivity contribution in [3.8, 4) is 22.6 Å². The SMILES string of the molecule is COc1ccc(-c2cc(=O)oc3c(C)c4c(cc23)CN(Cc2ccccn2)CO4)cc1. The number of hydrogen-bond acceptors (Lipinski definition) is 6. The smallest absolute Gasteiger partial charge is 0.336 e. The normalized spacial score (nSPS) is 13.6. The molecule has 0 saturated carbocycles. The topological polar surface area (TPSA) is 64.8 Å². The average Bonchev–Trinajstić information content (AvgIpc) is 2.80. The van der Waals surface area contributed by atoms with Crippen LogP contribution in [0.1, 0.15) is 16.8 Å². The van der Waals surface area contributed by atoms with Crippen molar-refractivity contribution in [1.29, 1.82) is 0 Å². The van der Waals surface area contributed by atoms with Crippen LogP contribution < -0.4 is 15.1 Å². The van der Waals surface area contributed by atoms with Crippen LogP contribution in [0.5, 0.6) is 11.5 Å². The van der Waals surface area contributed by atoms with E-state index in [0.29, 0.717) is 18.9 Å². The van der Waals surface area contributed by atoms with Crippen molar-refractivity contribution in [2.75, 3.05) is 13.8 Å². The van der Waals surface area contributed by atoms with E-state index in [2.05, 4.69) is 16.0 Å². The molecule has 6 nitrogen and oxygen atoms in total. The van der Waals surface area contributed by atoms with Gasteiger partial charge in [-0.1, -0.05) is 18.2 Å². The lowest BCUT2D eigenvalue weighted by Gasteiger charge is -2.30. The molecule has 0 aliphatic carbocycles. The summed E-state index contributed by atoms with van der Waals surface area (Å²) in [5, 5.41) is 0.893. The highest BCUT2D eigenvalue weighted by Crippen LogP contribution is 2.38. The third kappa shape index (κ3) is 3.66. The standard InChI is InChI=1S/C25H22N2O4/c1-16-24-18(13-27(15-30-24)14-19-5-3-4-10-26-19)11-22-21(12-23(28)31-25(16)22)17-6-8-20(29-2)9-7-17/h3-12H,13-15H2,1-2H3. The molecule has 1 aliphatic heterocycles. The Hall–Kier alpha value is -3.64. The Morgan fingerprint density at radius 3 is 2.71 bits per heavy atom. The fourth-order valence-electron chi connectivity index (χ4n) is 4.10. The summed E-state index contributed by atoms with van der Waals surface area (Å²) in [6, 6.07) is 17.2. The lowest BCUT2D eigenvalue weighted by molar-refractivity contribution is 0.0870. The second-order valence-electron chi connectivity index (χ2n) is 7.66.